The fraction of sp³-hybridized carbons (Fsp3) is 0.286. The summed E-state index contributed by atoms with van der Waals surface area (Å²) in [5.41, 5.74) is 3.76. The molecule has 1 saturated heterocycles. The highest BCUT2D eigenvalue weighted by molar-refractivity contribution is 5.62. The molecule has 1 aromatic carbocycles. The number of aromatic hydroxyl groups is 1. The molecule has 0 aliphatic carbocycles. The highest BCUT2D eigenvalue weighted by atomic mass is 16.3. The number of piperazine rings is 1. The van der Waals surface area contributed by atoms with Gasteiger partial charge in [-0.3, -0.25) is 0 Å². The van der Waals surface area contributed by atoms with Crippen LogP contribution in [0, 0.1) is 6.92 Å². The van der Waals surface area contributed by atoms with Crippen molar-refractivity contribution in [2.24, 2.45) is 7.05 Å². The number of hydrogen-bond acceptors (Lipinski definition) is 6. The Kier molecular flexibility index (Phi) is 4.12. The maximum atomic E-state index is 9.51. The molecule has 1 aliphatic rings. The Morgan fingerprint density at radius 2 is 1.69 bits per heavy atom. The van der Waals surface area contributed by atoms with E-state index < -0.39 is 0 Å². The maximum absolute atomic E-state index is 9.51. The highest BCUT2D eigenvalue weighted by Crippen LogP contribution is 2.25. The van der Waals surface area contributed by atoms with E-state index in [4.69, 9.17) is 5.10 Å². The largest absolute Gasteiger partial charge is 0.508 e. The lowest BCUT2D eigenvalue weighted by atomic mass is 10.2. The Balaban J connectivity index is 1.44. The molecule has 0 unspecified atom stereocenters. The SMILES string of the molecule is Cc1cc(N2CCN(c3ccc(O)cc3)CC2)n2nc(-c3nccn3C)cc2n1. The van der Waals surface area contributed by atoms with E-state index in [0.29, 0.717) is 5.75 Å². The van der Waals surface area contributed by atoms with Crippen LogP contribution in [0.1, 0.15) is 5.69 Å². The summed E-state index contributed by atoms with van der Waals surface area (Å²) in [5.74, 6) is 2.18. The number of phenols is 1. The van der Waals surface area contributed by atoms with Crippen molar-refractivity contribution >= 4 is 17.2 Å². The van der Waals surface area contributed by atoms with Gasteiger partial charge in [-0.2, -0.15) is 9.61 Å². The standard InChI is InChI=1S/C21H23N7O/c1-15-13-20(27-11-9-26(10-12-27)16-3-5-17(29)6-4-16)28-19(23-15)14-18(24-28)21-22-7-8-25(21)2/h3-8,13-14,29H,9-12H2,1-2H3. The lowest BCUT2D eigenvalue weighted by Gasteiger charge is -2.37. The van der Waals surface area contributed by atoms with Crippen LogP contribution in [0.3, 0.4) is 0 Å². The van der Waals surface area contributed by atoms with Crippen molar-refractivity contribution in [2.45, 2.75) is 6.92 Å². The van der Waals surface area contributed by atoms with Gasteiger partial charge in [0.1, 0.15) is 17.3 Å². The molecule has 0 radical (unpaired) electrons. The number of benzene rings is 1. The Hall–Kier alpha value is -3.55. The first-order valence-corrected chi connectivity index (χ1v) is 9.72. The number of imidazole rings is 1. The average molecular weight is 389 g/mol. The summed E-state index contributed by atoms with van der Waals surface area (Å²) >= 11 is 0. The van der Waals surface area contributed by atoms with Gasteiger partial charge in [-0.25, -0.2) is 9.97 Å². The number of aryl methyl sites for hydroxylation is 2. The molecule has 0 bridgehead atoms. The second-order valence-corrected chi connectivity index (χ2v) is 7.41. The first-order valence-electron chi connectivity index (χ1n) is 9.72. The van der Waals surface area contributed by atoms with Crippen LogP contribution < -0.4 is 9.80 Å². The minimum Gasteiger partial charge on any atom is -0.508 e. The van der Waals surface area contributed by atoms with E-state index in [1.807, 2.05) is 47.4 Å². The topological polar surface area (TPSA) is 74.7 Å². The van der Waals surface area contributed by atoms with E-state index in [1.165, 1.54) is 0 Å². The van der Waals surface area contributed by atoms with Crippen molar-refractivity contribution in [1.82, 2.24) is 24.1 Å². The second kappa shape index (κ2) is 6.80. The van der Waals surface area contributed by atoms with Crippen molar-refractivity contribution in [3.8, 4) is 17.3 Å². The molecule has 5 rings (SSSR count). The number of anilines is 2. The fourth-order valence-corrected chi connectivity index (χ4v) is 3.88. The molecular weight excluding hydrogens is 366 g/mol. The third kappa shape index (κ3) is 3.16. The molecule has 4 heterocycles. The van der Waals surface area contributed by atoms with Crippen molar-refractivity contribution < 1.29 is 5.11 Å². The van der Waals surface area contributed by atoms with Crippen LogP contribution in [0.5, 0.6) is 5.75 Å². The quantitative estimate of drug-likeness (QED) is 0.580. The average Bonchev–Trinajstić information content (AvgIpc) is 3.34. The van der Waals surface area contributed by atoms with Gasteiger partial charge >= 0.3 is 0 Å². The first-order chi connectivity index (χ1) is 14.1. The van der Waals surface area contributed by atoms with Gasteiger partial charge < -0.3 is 19.5 Å². The minimum atomic E-state index is 0.296. The molecule has 0 spiro atoms. The van der Waals surface area contributed by atoms with Gasteiger partial charge in [0, 0.05) is 69.1 Å². The molecule has 0 atom stereocenters. The summed E-state index contributed by atoms with van der Waals surface area (Å²) in [6, 6.07) is 11.5. The maximum Gasteiger partial charge on any atom is 0.160 e. The monoisotopic (exact) mass is 389 g/mol. The Labute approximate surface area is 168 Å². The van der Waals surface area contributed by atoms with E-state index in [0.717, 1.165) is 60.5 Å². The molecular formula is C21H23N7O. The van der Waals surface area contributed by atoms with Crippen LogP contribution in [0.15, 0.2) is 48.8 Å². The number of aromatic nitrogens is 5. The van der Waals surface area contributed by atoms with E-state index in [1.54, 1.807) is 18.3 Å². The molecule has 1 aliphatic heterocycles. The third-order valence-corrected chi connectivity index (χ3v) is 5.41. The molecule has 0 amide bonds. The van der Waals surface area contributed by atoms with Crippen LogP contribution in [-0.2, 0) is 7.05 Å². The zero-order valence-electron chi connectivity index (χ0n) is 16.5. The van der Waals surface area contributed by atoms with Crippen LogP contribution in [0.2, 0.25) is 0 Å². The van der Waals surface area contributed by atoms with Gasteiger partial charge in [-0.15, -0.1) is 0 Å². The molecule has 8 nitrogen and oxygen atoms in total. The van der Waals surface area contributed by atoms with E-state index in [2.05, 4.69) is 25.8 Å². The summed E-state index contributed by atoms with van der Waals surface area (Å²) in [7, 11) is 1.97. The minimum absolute atomic E-state index is 0.296. The van der Waals surface area contributed by atoms with Crippen LogP contribution in [0.25, 0.3) is 17.2 Å². The van der Waals surface area contributed by atoms with Gasteiger partial charge in [0.2, 0.25) is 0 Å². The number of fused-ring (bicyclic) bond motifs is 1. The fourth-order valence-electron chi connectivity index (χ4n) is 3.88. The number of rotatable bonds is 3. The summed E-state index contributed by atoms with van der Waals surface area (Å²) in [6.07, 6.45) is 3.70. The molecule has 3 aromatic heterocycles. The van der Waals surface area contributed by atoms with E-state index in [-0.39, 0.29) is 0 Å². The van der Waals surface area contributed by atoms with E-state index in [9.17, 15) is 5.11 Å². The summed E-state index contributed by atoms with van der Waals surface area (Å²) in [5, 5.41) is 14.3. The predicted molar refractivity (Wildman–Crippen MR) is 112 cm³/mol. The third-order valence-electron chi connectivity index (χ3n) is 5.41. The zero-order valence-corrected chi connectivity index (χ0v) is 16.5. The summed E-state index contributed by atoms with van der Waals surface area (Å²) < 4.78 is 3.89. The first kappa shape index (κ1) is 17.5. The second-order valence-electron chi connectivity index (χ2n) is 7.41. The highest BCUT2D eigenvalue weighted by Gasteiger charge is 2.21. The molecule has 29 heavy (non-hydrogen) atoms. The van der Waals surface area contributed by atoms with Crippen LogP contribution in [-0.4, -0.2) is 55.4 Å². The number of hydrogen-bond donors (Lipinski definition) is 1. The van der Waals surface area contributed by atoms with Gasteiger partial charge in [-0.05, 0) is 31.2 Å². The normalized spacial score (nSPS) is 14.7. The van der Waals surface area contributed by atoms with Crippen molar-refractivity contribution in [3.63, 3.8) is 0 Å². The predicted octanol–water partition coefficient (Wildman–Crippen LogP) is 2.47. The lowest BCUT2D eigenvalue weighted by Crippen LogP contribution is -2.47. The van der Waals surface area contributed by atoms with Crippen LogP contribution in [0.4, 0.5) is 11.5 Å². The zero-order chi connectivity index (χ0) is 20.0. The smallest absolute Gasteiger partial charge is 0.160 e. The Morgan fingerprint density at radius 1 is 0.966 bits per heavy atom. The molecule has 0 saturated carbocycles. The summed E-state index contributed by atoms with van der Waals surface area (Å²) in [4.78, 5) is 13.8. The Morgan fingerprint density at radius 3 is 2.38 bits per heavy atom. The van der Waals surface area contributed by atoms with Gasteiger partial charge in [-0.1, -0.05) is 0 Å². The Bertz CT molecular complexity index is 1150. The molecule has 1 fully saturated rings. The van der Waals surface area contributed by atoms with Crippen molar-refractivity contribution in [2.75, 3.05) is 36.0 Å². The van der Waals surface area contributed by atoms with Gasteiger partial charge in [0.15, 0.2) is 11.5 Å². The molecule has 8 heteroatoms. The lowest BCUT2D eigenvalue weighted by molar-refractivity contribution is 0.475. The van der Waals surface area contributed by atoms with Crippen molar-refractivity contribution in [3.05, 3.63) is 54.5 Å². The van der Waals surface area contributed by atoms with Gasteiger partial charge in [0.05, 0.1) is 0 Å². The van der Waals surface area contributed by atoms with Crippen LogP contribution >= 0.6 is 0 Å². The van der Waals surface area contributed by atoms with Crippen molar-refractivity contribution in [1.29, 1.82) is 0 Å². The molecule has 4 aromatic rings. The molecule has 148 valence electrons. The molecule has 1 N–H and O–H groups in total. The number of phenolic OH excluding ortho intramolecular Hbond substituents is 1. The van der Waals surface area contributed by atoms with Gasteiger partial charge in [0.25, 0.3) is 0 Å². The van der Waals surface area contributed by atoms with E-state index >= 15 is 0 Å². The summed E-state index contributed by atoms with van der Waals surface area (Å²) in [6.45, 7) is 5.60. The number of nitrogens with zero attached hydrogens (tertiary/aromatic N) is 7.